The Labute approximate surface area is 121 Å². The number of carbonyl (C=O) groups is 2. The van der Waals surface area contributed by atoms with E-state index in [9.17, 15) is 22.4 Å². The molecule has 0 fully saturated rings. The Kier molecular flexibility index (Phi) is 5.39. The molecular weight excluding hydrogens is 303 g/mol. The molecule has 2 atom stereocenters. The van der Waals surface area contributed by atoms with Crippen LogP contribution in [0.1, 0.15) is 13.8 Å². The van der Waals surface area contributed by atoms with Gasteiger partial charge in [0.2, 0.25) is 15.9 Å². The number of amides is 1. The summed E-state index contributed by atoms with van der Waals surface area (Å²) in [7, 11) is -4.22. The number of carboxylic acid groups (broad SMARTS) is 1. The number of aliphatic carboxylic acids is 1. The van der Waals surface area contributed by atoms with Crippen LogP contribution < -0.4 is 10.0 Å². The summed E-state index contributed by atoms with van der Waals surface area (Å²) in [4.78, 5) is 21.7. The number of carbonyl (C=O) groups excluding carboxylic acids is 1. The summed E-state index contributed by atoms with van der Waals surface area (Å²) in [5.74, 6) is -3.03. The van der Waals surface area contributed by atoms with E-state index in [1.165, 1.54) is 26.0 Å². The molecule has 0 aliphatic heterocycles. The SMILES string of the molecule is CC(NC(=O)C(C)NS(=O)(=O)c1ccccc1F)C(=O)O. The molecule has 7 nitrogen and oxygen atoms in total. The second-order valence-electron chi connectivity index (χ2n) is 4.34. The topological polar surface area (TPSA) is 113 Å². The minimum absolute atomic E-state index is 0.587. The van der Waals surface area contributed by atoms with E-state index in [-0.39, 0.29) is 0 Å². The molecule has 3 N–H and O–H groups in total. The summed E-state index contributed by atoms with van der Waals surface area (Å²) < 4.78 is 39.3. The van der Waals surface area contributed by atoms with Gasteiger partial charge in [0.1, 0.15) is 16.8 Å². The van der Waals surface area contributed by atoms with E-state index in [0.29, 0.717) is 0 Å². The number of rotatable bonds is 6. The molecule has 1 aromatic carbocycles. The molecule has 1 rings (SSSR count). The second-order valence-corrected chi connectivity index (χ2v) is 6.02. The molecule has 116 valence electrons. The van der Waals surface area contributed by atoms with Gasteiger partial charge in [-0.05, 0) is 26.0 Å². The molecule has 9 heteroatoms. The molecule has 0 aliphatic carbocycles. The molecule has 2 unspecified atom stereocenters. The quantitative estimate of drug-likeness (QED) is 0.687. The molecule has 0 spiro atoms. The number of sulfonamides is 1. The van der Waals surface area contributed by atoms with Crippen LogP contribution in [0.5, 0.6) is 0 Å². The first-order chi connectivity index (χ1) is 9.65. The van der Waals surface area contributed by atoms with Crippen LogP contribution in [0.3, 0.4) is 0 Å². The van der Waals surface area contributed by atoms with Crippen LogP contribution in [-0.4, -0.2) is 37.5 Å². The second kappa shape index (κ2) is 6.64. The normalized spacial score (nSPS) is 14.2. The van der Waals surface area contributed by atoms with E-state index in [1.54, 1.807) is 0 Å². The standard InChI is InChI=1S/C12H15FN2O5S/c1-7(11(16)14-8(2)12(17)18)15-21(19,20)10-6-4-3-5-9(10)13/h3-8,15H,1-2H3,(H,14,16)(H,17,18). The zero-order chi connectivity index (χ0) is 16.2. The van der Waals surface area contributed by atoms with E-state index < -0.39 is 44.7 Å². The average Bonchev–Trinajstić information content (AvgIpc) is 2.38. The summed E-state index contributed by atoms with van der Waals surface area (Å²) in [6, 6.07) is 2.29. The maximum atomic E-state index is 13.5. The maximum Gasteiger partial charge on any atom is 0.325 e. The fourth-order valence-corrected chi connectivity index (χ4v) is 2.69. The van der Waals surface area contributed by atoms with Crippen molar-refractivity contribution in [3.63, 3.8) is 0 Å². The Bertz CT molecular complexity index is 647. The number of hydrogen-bond donors (Lipinski definition) is 3. The van der Waals surface area contributed by atoms with Crippen molar-refractivity contribution >= 4 is 21.9 Å². The van der Waals surface area contributed by atoms with Crippen molar-refractivity contribution in [1.82, 2.24) is 10.0 Å². The summed E-state index contributed by atoms with van der Waals surface area (Å²) in [5, 5.41) is 10.8. The lowest BCUT2D eigenvalue weighted by Gasteiger charge is -2.16. The predicted octanol–water partition coefficient (Wildman–Crippen LogP) is 0.0818. The van der Waals surface area contributed by atoms with Crippen LogP contribution >= 0.6 is 0 Å². The molecule has 0 radical (unpaired) electrons. The number of halogens is 1. The van der Waals surface area contributed by atoms with Gasteiger partial charge in [0.25, 0.3) is 0 Å². The van der Waals surface area contributed by atoms with Crippen molar-refractivity contribution in [1.29, 1.82) is 0 Å². The van der Waals surface area contributed by atoms with Crippen LogP contribution in [0.4, 0.5) is 4.39 Å². The highest BCUT2D eigenvalue weighted by molar-refractivity contribution is 7.89. The third-order valence-electron chi connectivity index (χ3n) is 2.58. The van der Waals surface area contributed by atoms with E-state index in [0.717, 1.165) is 12.1 Å². The highest BCUT2D eigenvalue weighted by atomic mass is 32.2. The molecule has 0 aliphatic rings. The Morgan fingerprint density at radius 1 is 1.19 bits per heavy atom. The van der Waals surface area contributed by atoms with Crippen molar-refractivity contribution in [3.05, 3.63) is 30.1 Å². The maximum absolute atomic E-state index is 13.5. The fraction of sp³-hybridized carbons (Fsp3) is 0.333. The minimum Gasteiger partial charge on any atom is -0.480 e. The number of benzene rings is 1. The number of hydrogen-bond acceptors (Lipinski definition) is 4. The minimum atomic E-state index is -4.22. The van der Waals surface area contributed by atoms with E-state index in [4.69, 9.17) is 5.11 Å². The van der Waals surface area contributed by atoms with Crippen LogP contribution in [0, 0.1) is 5.82 Å². The van der Waals surface area contributed by atoms with Gasteiger partial charge in [-0.25, -0.2) is 12.8 Å². The van der Waals surface area contributed by atoms with Crippen LogP contribution in [0.15, 0.2) is 29.2 Å². The third kappa shape index (κ3) is 4.50. The average molecular weight is 318 g/mol. The fourth-order valence-electron chi connectivity index (χ4n) is 1.41. The van der Waals surface area contributed by atoms with Crippen LogP contribution in [0.2, 0.25) is 0 Å². The molecule has 1 aromatic rings. The molecule has 1 amide bonds. The van der Waals surface area contributed by atoms with Gasteiger partial charge in [-0.3, -0.25) is 9.59 Å². The van der Waals surface area contributed by atoms with Gasteiger partial charge >= 0.3 is 5.97 Å². The van der Waals surface area contributed by atoms with Gasteiger partial charge in [0.15, 0.2) is 0 Å². The molecule has 0 saturated carbocycles. The van der Waals surface area contributed by atoms with Crippen LogP contribution in [0.25, 0.3) is 0 Å². The molecular formula is C12H15FN2O5S. The van der Waals surface area contributed by atoms with E-state index >= 15 is 0 Å². The van der Waals surface area contributed by atoms with Gasteiger partial charge in [-0.2, -0.15) is 4.72 Å². The lowest BCUT2D eigenvalue weighted by atomic mass is 10.3. The van der Waals surface area contributed by atoms with Crippen molar-refractivity contribution in [3.8, 4) is 0 Å². The summed E-state index contributed by atoms with van der Waals surface area (Å²) in [6.07, 6.45) is 0. The van der Waals surface area contributed by atoms with Gasteiger partial charge in [-0.15, -0.1) is 0 Å². The van der Waals surface area contributed by atoms with E-state index in [2.05, 4.69) is 5.32 Å². The number of nitrogens with one attached hydrogen (secondary N) is 2. The Morgan fingerprint density at radius 2 is 1.76 bits per heavy atom. The summed E-state index contributed by atoms with van der Waals surface area (Å²) >= 11 is 0. The molecule has 0 aromatic heterocycles. The highest BCUT2D eigenvalue weighted by Gasteiger charge is 2.26. The molecule has 21 heavy (non-hydrogen) atoms. The van der Waals surface area contributed by atoms with Crippen molar-refractivity contribution in [2.45, 2.75) is 30.8 Å². The molecule has 0 bridgehead atoms. The predicted molar refractivity (Wildman–Crippen MR) is 71.4 cm³/mol. The smallest absolute Gasteiger partial charge is 0.325 e. The van der Waals surface area contributed by atoms with Crippen molar-refractivity contribution in [2.75, 3.05) is 0 Å². The number of carboxylic acids is 1. The monoisotopic (exact) mass is 318 g/mol. The zero-order valence-corrected chi connectivity index (χ0v) is 12.1. The highest BCUT2D eigenvalue weighted by Crippen LogP contribution is 2.13. The van der Waals surface area contributed by atoms with Crippen molar-refractivity contribution < 1.29 is 27.5 Å². The zero-order valence-electron chi connectivity index (χ0n) is 11.3. The third-order valence-corrected chi connectivity index (χ3v) is 4.15. The van der Waals surface area contributed by atoms with E-state index in [1.807, 2.05) is 4.72 Å². The Balaban J connectivity index is 2.83. The first kappa shape index (κ1) is 17.1. The largest absolute Gasteiger partial charge is 0.480 e. The van der Waals surface area contributed by atoms with Gasteiger partial charge < -0.3 is 10.4 Å². The Hall–Kier alpha value is -2.00. The van der Waals surface area contributed by atoms with Crippen LogP contribution in [-0.2, 0) is 19.6 Å². The summed E-state index contributed by atoms with van der Waals surface area (Å²) in [5.41, 5.74) is 0. The lowest BCUT2D eigenvalue weighted by molar-refractivity contribution is -0.141. The summed E-state index contributed by atoms with van der Waals surface area (Å²) in [6.45, 7) is 2.46. The first-order valence-electron chi connectivity index (χ1n) is 5.95. The molecule has 0 saturated heterocycles. The molecule has 0 heterocycles. The van der Waals surface area contributed by atoms with Crippen molar-refractivity contribution in [2.24, 2.45) is 0 Å². The van der Waals surface area contributed by atoms with Gasteiger partial charge in [0.05, 0.1) is 6.04 Å². The first-order valence-corrected chi connectivity index (χ1v) is 7.43. The van der Waals surface area contributed by atoms with Gasteiger partial charge in [-0.1, -0.05) is 12.1 Å². The lowest BCUT2D eigenvalue weighted by Crippen LogP contribution is -2.49. The van der Waals surface area contributed by atoms with Gasteiger partial charge in [0, 0.05) is 0 Å². The Morgan fingerprint density at radius 3 is 2.29 bits per heavy atom.